The summed E-state index contributed by atoms with van der Waals surface area (Å²) in [5, 5.41) is 10.6. The molecule has 2 amide bonds. The Balaban J connectivity index is 1.43. The van der Waals surface area contributed by atoms with Gasteiger partial charge in [-0.05, 0) is 35.7 Å². The molecule has 33 heavy (non-hydrogen) atoms. The van der Waals surface area contributed by atoms with E-state index in [9.17, 15) is 14.0 Å². The third-order valence-corrected chi connectivity index (χ3v) is 6.10. The first-order chi connectivity index (χ1) is 16.1. The maximum absolute atomic E-state index is 13.9. The number of halogens is 1. The Hall–Kier alpha value is -3.70. The molecule has 2 aromatic heterocycles. The number of ether oxygens (including phenoxy) is 1. The summed E-state index contributed by atoms with van der Waals surface area (Å²) in [5.74, 6) is -0.725. The average molecular weight is 484 g/mol. The summed E-state index contributed by atoms with van der Waals surface area (Å²) >= 11 is 2.42. The Kier molecular flexibility index (Phi) is 7.33. The van der Waals surface area contributed by atoms with Crippen molar-refractivity contribution in [2.75, 3.05) is 5.75 Å². The van der Waals surface area contributed by atoms with Crippen molar-refractivity contribution in [3.8, 4) is 11.4 Å². The molecule has 2 N–H and O–H groups in total. The molecule has 0 spiro atoms. The van der Waals surface area contributed by atoms with Gasteiger partial charge in [0, 0.05) is 5.69 Å². The molecule has 168 valence electrons. The number of carbonyl (C=O) groups is 2. The molecule has 2 heterocycles. The number of thiophene rings is 1. The highest BCUT2D eigenvalue weighted by molar-refractivity contribution is 7.99. The summed E-state index contributed by atoms with van der Waals surface area (Å²) in [6, 6.07) is 18.8. The molecule has 0 bridgehead atoms. The number of hydrogen-bond acceptors (Lipinski definition) is 7. The van der Waals surface area contributed by atoms with E-state index >= 15 is 0 Å². The lowest BCUT2D eigenvalue weighted by Crippen LogP contribution is -2.42. The van der Waals surface area contributed by atoms with E-state index in [1.165, 1.54) is 23.5 Å². The number of carbonyl (C=O) groups excluding carboxylic acids is 2. The molecule has 2 aromatic carbocycles. The van der Waals surface area contributed by atoms with Gasteiger partial charge in [0.2, 0.25) is 5.91 Å². The summed E-state index contributed by atoms with van der Waals surface area (Å²) in [6.07, 6.45) is 0. The van der Waals surface area contributed by atoms with Crippen molar-refractivity contribution in [3.05, 3.63) is 88.6 Å². The number of benzene rings is 2. The van der Waals surface area contributed by atoms with Gasteiger partial charge in [-0.2, -0.15) is 0 Å². The molecule has 8 nitrogen and oxygen atoms in total. The second-order valence-electron chi connectivity index (χ2n) is 6.56. The third kappa shape index (κ3) is 5.76. The highest BCUT2D eigenvalue weighted by Gasteiger charge is 2.17. The van der Waals surface area contributed by atoms with Crippen LogP contribution in [0.25, 0.3) is 5.69 Å². The van der Waals surface area contributed by atoms with Crippen molar-refractivity contribution < 1.29 is 18.7 Å². The minimum Gasteiger partial charge on any atom is -0.483 e. The minimum absolute atomic E-state index is 0.0101. The molecule has 0 aliphatic carbocycles. The van der Waals surface area contributed by atoms with E-state index in [0.29, 0.717) is 15.9 Å². The number of nitrogens with zero attached hydrogens (tertiary/aromatic N) is 3. The van der Waals surface area contributed by atoms with Crippen LogP contribution < -0.4 is 15.6 Å². The first-order valence-corrected chi connectivity index (χ1v) is 11.6. The summed E-state index contributed by atoms with van der Waals surface area (Å²) in [5.41, 5.74) is 5.53. The Morgan fingerprint density at radius 1 is 1.00 bits per heavy atom. The first-order valence-electron chi connectivity index (χ1n) is 9.74. The monoisotopic (exact) mass is 483 g/mol. The number of para-hydroxylation sites is 2. The fraction of sp³-hybridized carbons (Fsp3) is 0.0909. The van der Waals surface area contributed by atoms with Crippen LogP contribution in [0.5, 0.6) is 5.75 Å². The zero-order valence-corrected chi connectivity index (χ0v) is 18.7. The van der Waals surface area contributed by atoms with Crippen molar-refractivity contribution in [2.45, 2.75) is 11.8 Å². The van der Waals surface area contributed by atoms with Crippen molar-refractivity contribution in [1.29, 1.82) is 0 Å². The molecule has 0 unspecified atom stereocenters. The van der Waals surface area contributed by atoms with Crippen molar-refractivity contribution in [3.63, 3.8) is 0 Å². The summed E-state index contributed by atoms with van der Waals surface area (Å²) in [4.78, 5) is 24.7. The van der Waals surface area contributed by atoms with Crippen LogP contribution >= 0.6 is 23.1 Å². The normalized spacial score (nSPS) is 10.6. The Bertz CT molecular complexity index is 1230. The summed E-state index contributed by atoms with van der Waals surface area (Å²) in [7, 11) is 0. The largest absolute Gasteiger partial charge is 0.483 e. The Morgan fingerprint density at radius 2 is 1.79 bits per heavy atom. The molecule has 0 saturated carbocycles. The molecule has 4 aromatic rings. The molecule has 0 atom stereocenters. The first kappa shape index (κ1) is 22.5. The number of nitrogens with one attached hydrogen (secondary N) is 2. The van der Waals surface area contributed by atoms with Gasteiger partial charge in [0.25, 0.3) is 5.91 Å². The maximum Gasteiger partial charge on any atom is 0.279 e. The van der Waals surface area contributed by atoms with E-state index in [4.69, 9.17) is 4.74 Å². The highest BCUT2D eigenvalue weighted by atomic mass is 32.2. The lowest BCUT2D eigenvalue weighted by Gasteiger charge is -2.11. The number of rotatable bonds is 8. The fourth-order valence-corrected chi connectivity index (χ4v) is 4.18. The molecule has 0 radical (unpaired) electrons. The molecule has 0 fully saturated rings. The van der Waals surface area contributed by atoms with E-state index in [1.807, 2.05) is 30.3 Å². The number of thioether (sulfide) groups is 1. The van der Waals surface area contributed by atoms with Crippen molar-refractivity contribution in [1.82, 2.24) is 25.6 Å². The molecule has 4 rings (SSSR count). The van der Waals surface area contributed by atoms with Crippen molar-refractivity contribution >= 4 is 34.9 Å². The second kappa shape index (κ2) is 10.7. The average Bonchev–Trinajstić information content (AvgIpc) is 3.51. The van der Waals surface area contributed by atoms with Crippen LogP contribution in [-0.2, 0) is 11.4 Å². The number of aromatic nitrogens is 3. The molecule has 0 aliphatic rings. The van der Waals surface area contributed by atoms with Gasteiger partial charge in [-0.1, -0.05) is 48.2 Å². The van der Waals surface area contributed by atoms with E-state index in [0.717, 1.165) is 17.4 Å². The van der Waals surface area contributed by atoms with Crippen LogP contribution in [0.3, 0.4) is 0 Å². The predicted molar refractivity (Wildman–Crippen MR) is 123 cm³/mol. The lowest BCUT2D eigenvalue weighted by molar-refractivity contribution is -0.119. The second-order valence-corrected chi connectivity index (χ2v) is 8.45. The number of hydrogen-bond donors (Lipinski definition) is 2. The molecular formula is C22H18FN5O3S2. The van der Waals surface area contributed by atoms with Gasteiger partial charge in [-0.25, -0.2) is 4.39 Å². The lowest BCUT2D eigenvalue weighted by atomic mass is 10.3. The smallest absolute Gasteiger partial charge is 0.279 e. The standard InChI is InChI=1S/C22H18FN5O3S2/c23-16-9-4-5-10-17(16)31-13-19-24-27-22(28(19)15-7-2-1-3-8-15)33-14-20(29)25-26-21(30)18-11-6-12-32-18/h1-12H,13-14H2,(H,25,29)(H,26,30). The fourth-order valence-electron chi connectivity index (χ4n) is 2.79. The van der Waals surface area contributed by atoms with E-state index in [-0.39, 0.29) is 24.0 Å². The van der Waals surface area contributed by atoms with Crippen LogP contribution in [0, 0.1) is 5.82 Å². The van der Waals surface area contributed by atoms with Crippen LogP contribution in [-0.4, -0.2) is 32.3 Å². The van der Waals surface area contributed by atoms with Gasteiger partial charge in [0.05, 0.1) is 10.6 Å². The van der Waals surface area contributed by atoms with Gasteiger partial charge >= 0.3 is 0 Å². The third-order valence-electron chi connectivity index (χ3n) is 4.30. The summed E-state index contributed by atoms with van der Waals surface area (Å²) in [6.45, 7) is -0.0214. The zero-order chi connectivity index (χ0) is 23.0. The number of amides is 2. The highest BCUT2D eigenvalue weighted by Crippen LogP contribution is 2.23. The van der Waals surface area contributed by atoms with Gasteiger partial charge in [0.1, 0.15) is 6.61 Å². The quantitative estimate of drug-likeness (QED) is 0.294. The molecule has 0 saturated heterocycles. The topological polar surface area (TPSA) is 98.1 Å². The van der Waals surface area contributed by atoms with Crippen LogP contribution in [0.15, 0.2) is 77.3 Å². The molecular weight excluding hydrogens is 465 g/mol. The zero-order valence-electron chi connectivity index (χ0n) is 17.1. The van der Waals surface area contributed by atoms with E-state index < -0.39 is 11.7 Å². The van der Waals surface area contributed by atoms with Gasteiger partial charge < -0.3 is 4.74 Å². The van der Waals surface area contributed by atoms with Gasteiger partial charge in [-0.3, -0.25) is 25.0 Å². The maximum atomic E-state index is 13.9. The Morgan fingerprint density at radius 3 is 2.55 bits per heavy atom. The number of hydrazine groups is 1. The van der Waals surface area contributed by atoms with Gasteiger partial charge in [0.15, 0.2) is 22.5 Å². The van der Waals surface area contributed by atoms with Crippen LogP contribution in [0.2, 0.25) is 0 Å². The molecule has 11 heteroatoms. The molecule has 0 aliphatic heterocycles. The minimum atomic E-state index is -0.473. The van der Waals surface area contributed by atoms with E-state index in [2.05, 4.69) is 21.0 Å². The summed E-state index contributed by atoms with van der Waals surface area (Å²) < 4.78 is 21.2. The van der Waals surface area contributed by atoms with Crippen LogP contribution in [0.4, 0.5) is 4.39 Å². The predicted octanol–water partition coefficient (Wildman–Crippen LogP) is 3.60. The Labute approximate surface area is 196 Å². The SMILES string of the molecule is O=C(CSc1nnc(COc2ccccc2F)n1-c1ccccc1)NNC(=O)c1cccs1. The van der Waals surface area contributed by atoms with Crippen molar-refractivity contribution in [2.24, 2.45) is 0 Å². The van der Waals surface area contributed by atoms with Gasteiger partial charge in [-0.15, -0.1) is 21.5 Å². The van der Waals surface area contributed by atoms with E-state index in [1.54, 1.807) is 34.2 Å². The van der Waals surface area contributed by atoms with Crippen LogP contribution in [0.1, 0.15) is 15.5 Å².